The summed E-state index contributed by atoms with van der Waals surface area (Å²) < 4.78 is 24.6. The van der Waals surface area contributed by atoms with Crippen LogP contribution in [0.4, 0.5) is 4.39 Å². The number of nitrogens with one attached hydrogen (secondary N) is 1. The summed E-state index contributed by atoms with van der Waals surface area (Å²) in [6, 6.07) is 8.89. The van der Waals surface area contributed by atoms with Gasteiger partial charge in [-0.15, -0.1) is 0 Å². The Kier molecular flexibility index (Phi) is 5.39. The molecule has 0 saturated carbocycles. The van der Waals surface area contributed by atoms with Gasteiger partial charge in [0, 0.05) is 24.1 Å². The number of ether oxygens (including phenoxy) is 1. The zero-order valence-corrected chi connectivity index (χ0v) is 12.7. The Balaban J connectivity index is 1.96. The van der Waals surface area contributed by atoms with E-state index >= 15 is 0 Å². The summed E-state index contributed by atoms with van der Waals surface area (Å²) in [6.07, 6.45) is 3.47. The number of aryl methyl sites for hydroxylation is 1. The van der Waals surface area contributed by atoms with Crippen LogP contribution in [0.15, 0.2) is 41.0 Å². The van der Waals surface area contributed by atoms with E-state index in [4.69, 9.17) is 9.15 Å². The molecule has 1 aromatic heterocycles. The molecule has 114 valence electrons. The van der Waals surface area contributed by atoms with Crippen molar-refractivity contribution in [1.29, 1.82) is 0 Å². The molecule has 2 rings (SSSR count). The van der Waals surface area contributed by atoms with Crippen molar-refractivity contribution >= 4 is 0 Å². The van der Waals surface area contributed by atoms with E-state index in [9.17, 15) is 4.39 Å². The smallest absolute Gasteiger partial charge is 0.131 e. The Morgan fingerprint density at radius 2 is 2.05 bits per heavy atom. The second kappa shape index (κ2) is 7.27. The lowest BCUT2D eigenvalue weighted by atomic mass is 10.0. The van der Waals surface area contributed by atoms with Crippen LogP contribution < -0.4 is 10.1 Å². The molecule has 0 aliphatic rings. The fourth-order valence-corrected chi connectivity index (χ4v) is 2.52. The van der Waals surface area contributed by atoms with Gasteiger partial charge in [-0.2, -0.15) is 0 Å². The lowest BCUT2D eigenvalue weighted by molar-refractivity contribution is 0.380. The van der Waals surface area contributed by atoms with Crippen LogP contribution in [0.25, 0.3) is 0 Å². The van der Waals surface area contributed by atoms with Crippen molar-refractivity contribution in [3.63, 3.8) is 0 Å². The molecule has 0 bridgehead atoms. The quantitative estimate of drug-likeness (QED) is 0.834. The van der Waals surface area contributed by atoms with Gasteiger partial charge in [-0.05, 0) is 44.5 Å². The first-order valence-electron chi connectivity index (χ1n) is 7.22. The van der Waals surface area contributed by atoms with Gasteiger partial charge >= 0.3 is 0 Å². The number of methoxy groups -OCH3 is 1. The van der Waals surface area contributed by atoms with Crippen LogP contribution in [0.1, 0.15) is 37.6 Å². The van der Waals surface area contributed by atoms with Gasteiger partial charge in [-0.3, -0.25) is 0 Å². The van der Waals surface area contributed by atoms with Crippen molar-refractivity contribution in [2.24, 2.45) is 0 Å². The molecule has 1 heterocycles. The summed E-state index contributed by atoms with van der Waals surface area (Å²) in [5.41, 5.74) is 0.574. The zero-order valence-electron chi connectivity index (χ0n) is 12.7. The summed E-state index contributed by atoms with van der Waals surface area (Å²) in [4.78, 5) is 0. The van der Waals surface area contributed by atoms with Gasteiger partial charge in [0.25, 0.3) is 0 Å². The van der Waals surface area contributed by atoms with Gasteiger partial charge in [-0.1, -0.05) is 6.07 Å². The molecule has 21 heavy (non-hydrogen) atoms. The number of halogens is 1. The van der Waals surface area contributed by atoms with Crippen molar-refractivity contribution in [3.05, 3.63) is 53.7 Å². The van der Waals surface area contributed by atoms with Crippen molar-refractivity contribution in [2.45, 2.75) is 38.8 Å². The van der Waals surface area contributed by atoms with Gasteiger partial charge in [0.05, 0.1) is 13.4 Å². The zero-order chi connectivity index (χ0) is 15.2. The molecule has 1 aromatic carbocycles. The van der Waals surface area contributed by atoms with Gasteiger partial charge in [0.15, 0.2) is 0 Å². The molecule has 0 aliphatic heterocycles. The molecular weight excluding hydrogens is 269 g/mol. The van der Waals surface area contributed by atoms with Crippen LogP contribution in [0.2, 0.25) is 0 Å². The van der Waals surface area contributed by atoms with Crippen LogP contribution >= 0.6 is 0 Å². The maximum atomic E-state index is 14.0. The number of rotatable bonds is 7. The average Bonchev–Trinajstić information content (AvgIpc) is 2.97. The summed E-state index contributed by atoms with van der Waals surface area (Å²) in [5, 5.41) is 3.41. The summed E-state index contributed by atoms with van der Waals surface area (Å²) in [6.45, 7) is 4.04. The minimum atomic E-state index is -0.243. The third-order valence-electron chi connectivity index (χ3n) is 3.60. The summed E-state index contributed by atoms with van der Waals surface area (Å²) in [5.74, 6) is 1.31. The van der Waals surface area contributed by atoms with Gasteiger partial charge in [-0.25, -0.2) is 4.39 Å². The fourth-order valence-electron chi connectivity index (χ4n) is 2.52. The number of benzene rings is 1. The Morgan fingerprint density at radius 1 is 1.24 bits per heavy atom. The number of furan rings is 1. The maximum absolute atomic E-state index is 14.0. The van der Waals surface area contributed by atoms with E-state index in [-0.39, 0.29) is 17.9 Å². The normalized spacial score (nSPS) is 13.9. The first-order chi connectivity index (χ1) is 10.1. The fraction of sp³-hybridized carbons (Fsp3) is 0.412. The molecule has 0 aliphatic carbocycles. The van der Waals surface area contributed by atoms with E-state index < -0.39 is 0 Å². The maximum Gasteiger partial charge on any atom is 0.131 e. The molecule has 2 atom stereocenters. The van der Waals surface area contributed by atoms with E-state index in [2.05, 4.69) is 12.2 Å². The van der Waals surface area contributed by atoms with E-state index in [1.54, 1.807) is 25.5 Å². The summed E-state index contributed by atoms with van der Waals surface area (Å²) in [7, 11) is 1.56. The molecule has 0 amide bonds. The second-order valence-electron chi connectivity index (χ2n) is 5.26. The minimum absolute atomic E-state index is 0.118. The van der Waals surface area contributed by atoms with E-state index in [1.165, 1.54) is 6.07 Å². The Labute approximate surface area is 125 Å². The van der Waals surface area contributed by atoms with E-state index in [0.29, 0.717) is 11.3 Å². The third-order valence-corrected chi connectivity index (χ3v) is 3.60. The van der Waals surface area contributed by atoms with Crippen molar-refractivity contribution in [1.82, 2.24) is 5.32 Å². The molecule has 0 spiro atoms. The molecule has 0 saturated heterocycles. The highest BCUT2D eigenvalue weighted by Gasteiger charge is 2.18. The molecule has 2 unspecified atom stereocenters. The van der Waals surface area contributed by atoms with Crippen LogP contribution in [-0.2, 0) is 6.42 Å². The molecule has 4 heteroatoms. The molecule has 0 radical (unpaired) electrons. The molecule has 3 nitrogen and oxygen atoms in total. The predicted octanol–water partition coefficient (Wildman–Crippen LogP) is 4.10. The lowest BCUT2D eigenvalue weighted by Gasteiger charge is -2.22. The van der Waals surface area contributed by atoms with Crippen molar-refractivity contribution in [3.8, 4) is 5.75 Å². The first-order valence-corrected chi connectivity index (χ1v) is 7.22. The Morgan fingerprint density at radius 3 is 2.71 bits per heavy atom. The van der Waals surface area contributed by atoms with Gasteiger partial charge in [0.2, 0.25) is 0 Å². The summed E-state index contributed by atoms with van der Waals surface area (Å²) >= 11 is 0. The van der Waals surface area contributed by atoms with Gasteiger partial charge in [0.1, 0.15) is 17.3 Å². The standard InChI is InChI=1S/C17H22FNO2/c1-12(9-10-14-6-5-11-21-14)19-13(2)17-15(18)7-4-8-16(17)20-3/h4-8,11-13,19H,9-10H2,1-3H3. The largest absolute Gasteiger partial charge is 0.496 e. The highest BCUT2D eigenvalue weighted by molar-refractivity contribution is 5.36. The highest BCUT2D eigenvalue weighted by atomic mass is 19.1. The van der Waals surface area contributed by atoms with Crippen LogP contribution in [-0.4, -0.2) is 13.2 Å². The minimum Gasteiger partial charge on any atom is -0.496 e. The molecular formula is C17H22FNO2. The highest BCUT2D eigenvalue weighted by Crippen LogP contribution is 2.28. The number of hydrogen-bond acceptors (Lipinski definition) is 3. The van der Waals surface area contributed by atoms with Crippen LogP contribution in [0.5, 0.6) is 5.75 Å². The molecule has 1 N–H and O–H groups in total. The van der Waals surface area contributed by atoms with E-state index in [0.717, 1.165) is 18.6 Å². The lowest BCUT2D eigenvalue weighted by Crippen LogP contribution is -2.30. The van der Waals surface area contributed by atoms with Crippen molar-refractivity contribution in [2.75, 3.05) is 7.11 Å². The Bertz CT molecular complexity index is 554. The second-order valence-corrected chi connectivity index (χ2v) is 5.26. The van der Waals surface area contributed by atoms with Crippen LogP contribution in [0, 0.1) is 5.82 Å². The first kappa shape index (κ1) is 15.6. The Hall–Kier alpha value is -1.81. The average molecular weight is 291 g/mol. The molecule has 0 fully saturated rings. The topological polar surface area (TPSA) is 34.4 Å². The van der Waals surface area contributed by atoms with Gasteiger partial charge < -0.3 is 14.5 Å². The SMILES string of the molecule is COc1cccc(F)c1C(C)NC(C)CCc1ccco1. The van der Waals surface area contributed by atoms with Crippen LogP contribution in [0.3, 0.4) is 0 Å². The number of hydrogen-bond donors (Lipinski definition) is 1. The molecule has 2 aromatic rings. The van der Waals surface area contributed by atoms with E-state index in [1.807, 2.05) is 19.1 Å². The predicted molar refractivity (Wildman–Crippen MR) is 81.0 cm³/mol. The van der Waals surface area contributed by atoms with Crippen molar-refractivity contribution < 1.29 is 13.5 Å². The monoisotopic (exact) mass is 291 g/mol. The third kappa shape index (κ3) is 4.08.